The van der Waals surface area contributed by atoms with Crippen LogP contribution in [0.1, 0.15) is 12.8 Å². The summed E-state index contributed by atoms with van der Waals surface area (Å²) in [5.41, 5.74) is -0.644. The van der Waals surface area contributed by atoms with E-state index in [0.29, 0.717) is 6.42 Å². The maximum atomic E-state index is 10.3. The van der Waals surface area contributed by atoms with Crippen LogP contribution in [0, 0.1) is 17.8 Å². The fourth-order valence-electron chi connectivity index (χ4n) is 2.84. The number of rotatable bonds is 2. The van der Waals surface area contributed by atoms with Gasteiger partial charge in [-0.05, 0) is 18.8 Å². The maximum absolute atomic E-state index is 10.3. The summed E-state index contributed by atoms with van der Waals surface area (Å²) >= 11 is 0. The molecule has 13 heavy (non-hydrogen) atoms. The fourth-order valence-corrected chi connectivity index (χ4v) is 2.84. The number of fused-ring (bicyclic) bond motifs is 1. The Labute approximate surface area is 78.6 Å². The van der Waals surface area contributed by atoms with Gasteiger partial charge in [0, 0.05) is 18.4 Å². The summed E-state index contributed by atoms with van der Waals surface area (Å²) in [4.78, 5) is 0. The van der Waals surface area contributed by atoms with Crippen molar-refractivity contribution in [3.63, 3.8) is 0 Å². The Morgan fingerprint density at radius 2 is 2.38 bits per heavy atom. The maximum Gasteiger partial charge on any atom is 0.0809 e. The average molecular weight is 180 g/mol. The van der Waals surface area contributed by atoms with Crippen LogP contribution in [0.3, 0.4) is 0 Å². The first-order valence-corrected chi connectivity index (χ1v) is 4.85. The summed E-state index contributed by atoms with van der Waals surface area (Å²) in [6.07, 6.45) is 7.47. The second kappa shape index (κ2) is 2.96. The van der Waals surface area contributed by atoms with E-state index in [1.54, 1.807) is 0 Å². The molecule has 0 heterocycles. The van der Waals surface area contributed by atoms with Crippen molar-refractivity contribution in [1.29, 1.82) is 0 Å². The lowest BCUT2D eigenvalue weighted by Gasteiger charge is -2.28. The zero-order valence-corrected chi connectivity index (χ0v) is 7.69. The summed E-state index contributed by atoms with van der Waals surface area (Å²) in [6.45, 7) is 3.92. The molecular weight excluding hydrogens is 164 g/mol. The lowest BCUT2D eigenvalue weighted by Crippen LogP contribution is -2.36. The zero-order valence-electron chi connectivity index (χ0n) is 7.69. The van der Waals surface area contributed by atoms with Crippen LogP contribution in [0.5, 0.6) is 0 Å². The van der Waals surface area contributed by atoms with Gasteiger partial charge in [0.2, 0.25) is 0 Å². The van der Waals surface area contributed by atoms with E-state index in [1.807, 2.05) is 18.2 Å². The SMILES string of the molecule is C=C[C@H]1C[C@@H](CO)[C@H]2C=CC[C@]21O. The molecule has 2 nitrogen and oxygen atoms in total. The Morgan fingerprint density at radius 1 is 1.62 bits per heavy atom. The van der Waals surface area contributed by atoms with Gasteiger partial charge in [-0.1, -0.05) is 18.2 Å². The molecule has 0 radical (unpaired) electrons. The molecule has 2 aliphatic carbocycles. The standard InChI is InChI=1S/C11H16O2/c1-2-9-6-8(7-12)10-4-3-5-11(9,10)13/h2-4,8-10,12-13H,1,5-7H2/t8-,9-,10+,11+/m0/s1. The molecule has 1 saturated carbocycles. The number of hydrogen-bond donors (Lipinski definition) is 2. The van der Waals surface area contributed by atoms with Crippen molar-refractivity contribution < 1.29 is 10.2 Å². The topological polar surface area (TPSA) is 40.5 Å². The first-order chi connectivity index (χ1) is 6.22. The van der Waals surface area contributed by atoms with Gasteiger partial charge in [-0.25, -0.2) is 0 Å². The molecule has 1 fully saturated rings. The Kier molecular flexibility index (Phi) is 2.05. The highest BCUT2D eigenvalue weighted by atomic mass is 16.3. The molecule has 0 aromatic carbocycles. The Hall–Kier alpha value is -0.600. The molecular formula is C11H16O2. The minimum Gasteiger partial charge on any atom is -0.396 e. The minimum atomic E-state index is -0.644. The van der Waals surface area contributed by atoms with Crippen molar-refractivity contribution in [2.75, 3.05) is 6.61 Å². The summed E-state index contributed by atoms with van der Waals surface area (Å²) in [7, 11) is 0. The molecule has 2 rings (SSSR count). The molecule has 0 aliphatic heterocycles. The van der Waals surface area contributed by atoms with Gasteiger partial charge in [-0.15, -0.1) is 6.58 Å². The van der Waals surface area contributed by atoms with Crippen LogP contribution in [-0.2, 0) is 0 Å². The zero-order chi connectivity index (χ0) is 9.47. The van der Waals surface area contributed by atoms with E-state index in [-0.39, 0.29) is 24.4 Å². The van der Waals surface area contributed by atoms with E-state index in [2.05, 4.69) is 6.58 Å². The minimum absolute atomic E-state index is 0.139. The molecule has 0 amide bonds. The monoisotopic (exact) mass is 180 g/mol. The Morgan fingerprint density at radius 3 is 3.00 bits per heavy atom. The second-order valence-corrected chi connectivity index (χ2v) is 4.17. The third kappa shape index (κ3) is 1.09. The summed E-state index contributed by atoms with van der Waals surface area (Å²) in [5.74, 6) is 0.497. The molecule has 4 atom stereocenters. The van der Waals surface area contributed by atoms with Crippen molar-refractivity contribution in [3.8, 4) is 0 Å². The molecule has 0 aromatic rings. The molecule has 72 valence electrons. The smallest absolute Gasteiger partial charge is 0.0809 e. The summed E-state index contributed by atoms with van der Waals surface area (Å²) in [6, 6.07) is 0. The first kappa shape index (κ1) is 8.97. The van der Waals surface area contributed by atoms with Crippen molar-refractivity contribution in [2.45, 2.75) is 18.4 Å². The first-order valence-electron chi connectivity index (χ1n) is 4.85. The van der Waals surface area contributed by atoms with E-state index >= 15 is 0 Å². The third-order valence-electron chi connectivity index (χ3n) is 3.59. The Bertz CT molecular complexity index is 246. The lowest BCUT2D eigenvalue weighted by molar-refractivity contribution is -0.00384. The van der Waals surface area contributed by atoms with E-state index in [9.17, 15) is 5.11 Å². The normalized spacial score (nSPS) is 48.0. The van der Waals surface area contributed by atoms with E-state index in [4.69, 9.17) is 5.11 Å². The number of aliphatic hydroxyl groups is 2. The molecule has 0 bridgehead atoms. The molecule has 2 heteroatoms. The van der Waals surface area contributed by atoms with Crippen molar-refractivity contribution in [2.24, 2.45) is 17.8 Å². The lowest BCUT2D eigenvalue weighted by atomic mass is 9.85. The predicted molar refractivity (Wildman–Crippen MR) is 51.1 cm³/mol. The largest absolute Gasteiger partial charge is 0.396 e. The van der Waals surface area contributed by atoms with Crippen LogP contribution in [0.25, 0.3) is 0 Å². The van der Waals surface area contributed by atoms with Crippen molar-refractivity contribution in [3.05, 3.63) is 24.8 Å². The van der Waals surface area contributed by atoms with Gasteiger partial charge in [0.1, 0.15) is 0 Å². The molecule has 0 spiro atoms. The average Bonchev–Trinajstić information content (AvgIpc) is 2.60. The van der Waals surface area contributed by atoms with Gasteiger partial charge in [-0.3, -0.25) is 0 Å². The van der Waals surface area contributed by atoms with Crippen LogP contribution in [0.15, 0.2) is 24.8 Å². The van der Waals surface area contributed by atoms with Gasteiger partial charge < -0.3 is 10.2 Å². The van der Waals surface area contributed by atoms with Gasteiger partial charge in [0.15, 0.2) is 0 Å². The molecule has 2 N–H and O–H groups in total. The van der Waals surface area contributed by atoms with Gasteiger partial charge in [0.25, 0.3) is 0 Å². The Balaban J connectivity index is 2.27. The summed E-state index contributed by atoms with van der Waals surface area (Å²) < 4.78 is 0. The molecule has 0 saturated heterocycles. The number of aliphatic hydroxyl groups excluding tert-OH is 1. The highest BCUT2D eigenvalue weighted by Crippen LogP contribution is 2.50. The van der Waals surface area contributed by atoms with E-state index in [0.717, 1.165) is 6.42 Å². The number of hydrogen-bond acceptors (Lipinski definition) is 2. The van der Waals surface area contributed by atoms with Crippen LogP contribution >= 0.6 is 0 Å². The highest BCUT2D eigenvalue weighted by Gasteiger charge is 2.52. The quantitative estimate of drug-likeness (QED) is 0.625. The fraction of sp³-hybridized carbons (Fsp3) is 0.636. The van der Waals surface area contributed by atoms with Gasteiger partial charge in [0.05, 0.1) is 5.60 Å². The van der Waals surface area contributed by atoms with Crippen LogP contribution in [-0.4, -0.2) is 22.4 Å². The van der Waals surface area contributed by atoms with Crippen LogP contribution in [0.4, 0.5) is 0 Å². The molecule has 0 unspecified atom stereocenters. The molecule has 0 aromatic heterocycles. The summed E-state index contributed by atoms with van der Waals surface area (Å²) in [5, 5.41) is 19.5. The van der Waals surface area contributed by atoms with Crippen LogP contribution < -0.4 is 0 Å². The van der Waals surface area contributed by atoms with Gasteiger partial charge in [-0.2, -0.15) is 0 Å². The van der Waals surface area contributed by atoms with E-state index in [1.165, 1.54) is 0 Å². The van der Waals surface area contributed by atoms with Crippen molar-refractivity contribution >= 4 is 0 Å². The van der Waals surface area contributed by atoms with E-state index < -0.39 is 5.60 Å². The highest BCUT2D eigenvalue weighted by molar-refractivity contribution is 5.20. The molecule has 2 aliphatic rings. The van der Waals surface area contributed by atoms with Crippen LogP contribution in [0.2, 0.25) is 0 Å². The predicted octanol–water partition coefficient (Wildman–Crippen LogP) is 1.11. The van der Waals surface area contributed by atoms with Crippen molar-refractivity contribution in [1.82, 2.24) is 0 Å². The van der Waals surface area contributed by atoms with Gasteiger partial charge >= 0.3 is 0 Å². The second-order valence-electron chi connectivity index (χ2n) is 4.17. The third-order valence-corrected chi connectivity index (χ3v) is 3.59.